The largest absolute Gasteiger partial charge is 0.334 e. The molecular formula is C17H30N2O. The number of carbonyl (C=O) groups is 1. The van der Waals surface area contributed by atoms with Crippen molar-refractivity contribution in [3.8, 4) is 0 Å². The summed E-state index contributed by atoms with van der Waals surface area (Å²) in [5.41, 5.74) is 0.170. The van der Waals surface area contributed by atoms with Crippen LogP contribution in [0.3, 0.4) is 0 Å². The van der Waals surface area contributed by atoms with Gasteiger partial charge >= 0.3 is 0 Å². The smallest absolute Gasteiger partial charge is 0.223 e. The van der Waals surface area contributed by atoms with Crippen LogP contribution in [0.4, 0.5) is 0 Å². The Kier molecular flexibility index (Phi) is 4.65. The normalized spacial score (nSPS) is 27.1. The maximum Gasteiger partial charge on any atom is 0.223 e. The Labute approximate surface area is 123 Å². The van der Waals surface area contributed by atoms with Gasteiger partial charge < -0.3 is 10.2 Å². The highest BCUT2D eigenvalue weighted by atomic mass is 16.2. The molecular weight excluding hydrogens is 248 g/mol. The van der Waals surface area contributed by atoms with E-state index in [9.17, 15) is 4.79 Å². The fraction of sp³-hybridized carbons (Fsp3) is 0.941. The molecule has 3 heteroatoms. The van der Waals surface area contributed by atoms with Crippen molar-refractivity contribution < 1.29 is 4.79 Å². The van der Waals surface area contributed by atoms with Gasteiger partial charge in [0.25, 0.3) is 0 Å². The van der Waals surface area contributed by atoms with Crippen LogP contribution in [0.25, 0.3) is 0 Å². The van der Waals surface area contributed by atoms with Crippen molar-refractivity contribution in [2.24, 2.45) is 5.92 Å². The number of nitrogens with zero attached hydrogens (tertiary/aromatic N) is 1. The minimum Gasteiger partial charge on any atom is -0.334 e. The average molecular weight is 278 g/mol. The molecule has 0 bridgehead atoms. The number of hydrogen-bond acceptors (Lipinski definition) is 2. The molecule has 2 aliphatic carbocycles. The van der Waals surface area contributed by atoms with Gasteiger partial charge in [0.15, 0.2) is 0 Å². The van der Waals surface area contributed by atoms with Crippen molar-refractivity contribution in [3.63, 3.8) is 0 Å². The molecule has 3 aliphatic rings. The van der Waals surface area contributed by atoms with Crippen LogP contribution >= 0.6 is 0 Å². The van der Waals surface area contributed by atoms with Crippen LogP contribution in [-0.2, 0) is 4.79 Å². The van der Waals surface area contributed by atoms with Crippen LogP contribution in [0.2, 0.25) is 0 Å². The highest BCUT2D eigenvalue weighted by Crippen LogP contribution is 2.36. The van der Waals surface area contributed by atoms with Crippen molar-refractivity contribution in [2.75, 3.05) is 19.6 Å². The zero-order valence-electron chi connectivity index (χ0n) is 12.8. The van der Waals surface area contributed by atoms with Crippen LogP contribution in [0.5, 0.6) is 0 Å². The van der Waals surface area contributed by atoms with Gasteiger partial charge in [0.1, 0.15) is 0 Å². The highest BCUT2D eigenvalue weighted by molar-refractivity contribution is 5.77. The first-order valence-electron chi connectivity index (χ1n) is 8.81. The SMILES string of the molecule is O=C(CCC1CCCC1)N1CCNCC12CCCCC2. The second-order valence-corrected chi connectivity index (χ2v) is 7.20. The maximum absolute atomic E-state index is 12.7. The van der Waals surface area contributed by atoms with Gasteiger partial charge in [-0.1, -0.05) is 44.9 Å². The van der Waals surface area contributed by atoms with Crippen molar-refractivity contribution in [3.05, 3.63) is 0 Å². The number of amides is 1. The summed E-state index contributed by atoms with van der Waals surface area (Å²) < 4.78 is 0. The van der Waals surface area contributed by atoms with Gasteiger partial charge in [0.05, 0.1) is 5.54 Å². The summed E-state index contributed by atoms with van der Waals surface area (Å²) in [7, 11) is 0. The van der Waals surface area contributed by atoms with Crippen LogP contribution in [0.1, 0.15) is 70.6 Å². The van der Waals surface area contributed by atoms with Crippen molar-refractivity contribution >= 4 is 5.91 Å². The number of nitrogens with one attached hydrogen (secondary N) is 1. The van der Waals surface area contributed by atoms with Gasteiger partial charge in [-0.15, -0.1) is 0 Å². The molecule has 0 atom stereocenters. The van der Waals surface area contributed by atoms with Crippen LogP contribution < -0.4 is 5.32 Å². The molecule has 0 aromatic rings. The lowest BCUT2D eigenvalue weighted by Gasteiger charge is -2.50. The summed E-state index contributed by atoms with van der Waals surface area (Å²) in [6, 6.07) is 0. The summed E-state index contributed by atoms with van der Waals surface area (Å²) in [6.45, 7) is 2.95. The molecule has 1 amide bonds. The summed E-state index contributed by atoms with van der Waals surface area (Å²) >= 11 is 0. The molecule has 114 valence electrons. The van der Waals surface area contributed by atoms with Gasteiger partial charge in [0.2, 0.25) is 5.91 Å². The Bertz CT molecular complexity index is 322. The van der Waals surface area contributed by atoms with E-state index in [1.165, 1.54) is 57.8 Å². The van der Waals surface area contributed by atoms with Crippen molar-refractivity contribution in [1.82, 2.24) is 10.2 Å². The molecule has 3 rings (SSSR count). The Balaban J connectivity index is 1.58. The molecule has 20 heavy (non-hydrogen) atoms. The van der Waals surface area contributed by atoms with Gasteiger partial charge in [0, 0.05) is 26.1 Å². The zero-order valence-corrected chi connectivity index (χ0v) is 12.8. The molecule has 3 nitrogen and oxygen atoms in total. The Hall–Kier alpha value is -0.570. The third-order valence-corrected chi connectivity index (χ3v) is 5.87. The first-order valence-corrected chi connectivity index (χ1v) is 8.81. The summed E-state index contributed by atoms with van der Waals surface area (Å²) in [5, 5.41) is 3.53. The van der Waals surface area contributed by atoms with E-state index in [1.807, 2.05) is 0 Å². The van der Waals surface area contributed by atoms with Crippen LogP contribution in [-0.4, -0.2) is 36.0 Å². The maximum atomic E-state index is 12.7. The number of hydrogen-bond donors (Lipinski definition) is 1. The minimum absolute atomic E-state index is 0.170. The van der Waals surface area contributed by atoms with E-state index in [0.717, 1.165) is 38.4 Å². The van der Waals surface area contributed by atoms with Crippen molar-refractivity contribution in [1.29, 1.82) is 0 Å². The number of carbonyl (C=O) groups excluding carboxylic acids is 1. The fourth-order valence-corrected chi connectivity index (χ4v) is 4.65. The Morgan fingerprint density at radius 2 is 1.85 bits per heavy atom. The molecule has 0 radical (unpaired) electrons. The highest BCUT2D eigenvalue weighted by Gasteiger charge is 2.41. The summed E-state index contributed by atoms with van der Waals surface area (Å²) in [5.74, 6) is 1.28. The van der Waals surface area contributed by atoms with E-state index in [2.05, 4.69) is 10.2 Å². The average Bonchev–Trinajstić information content (AvgIpc) is 2.99. The lowest BCUT2D eigenvalue weighted by Crippen LogP contribution is -2.63. The zero-order chi connectivity index (χ0) is 13.8. The summed E-state index contributed by atoms with van der Waals surface area (Å²) in [6.07, 6.45) is 13.8. The van der Waals surface area contributed by atoms with Gasteiger partial charge in [-0.25, -0.2) is 0 Å². The molecule has 0 aromatic carbocycles. The van der Waals surface area contributed by atoms with E-state index >= 15 is 0 Å². The van der Waals surface area contributed by atoms with Crippen molar-refractivity contribution in [2.45, 2.75) is 76.2 Å². The fourth-order valence-electron chi connectivity index (χ4n) is 4.65. The van der Waals surface area contributed by atoms with Crippen LogP contribution in [0.15, 0.2) is 0 Å². The predicted octanol–water partition coefficient (Wildman–Crippen LogP) is 3.09. The second kappa shape index (κ2) is 6.46. The lowest BCUT2D eigenvalue weighted by atomic mass is 9.78. The molecule has 1 aliphatic heterocycles. The molecule has 0 unspecified atom stereocenters. The third-order valence-electron chi connectivity index (χ3n) is 5.87. The van der Waals surface area contributed by atoms with Gasteiger partial charge in [-0.05, 0) is 25.2 Å². The third kappa shape index (κ3) is 3.03. The molecule has 1 saturated heterocycles. The van der Waals surface area contributed by atoms with Gasteiger partial charge in [-0.3, -0.25) is 4.79 Å². The van der Waals surface area contributed by atoms with Crippen LogP contribution in [0, 0.1) is 5.92 Å². The molecule has 2 saturated carbocycles. The first kappa shape index (κ1) is 14.4. The van der Waals surface area contributed by atoms with E-state index < -0.39 is 0 Å². The van der Waals surface area contributed by atoms with Gasteiger partial charge in [-0.2, -0.15) is 0 Å². The Morgan fingerprint density at radius 1 is 1.10 bits per heavy atom. The first-order chi connectivity index (χ1) is 9.80. The summed E-state index contributed by atoms with van der Waals surface area (Å²) in [4.78, 5) is 15.0. The minimum atomic E-state index is 0.170. The van der Waals surface area contributed by atoms with E-state index in [4.69, 9.17) is 0 Å². The predicted molar refractivity (Wildman–Crippen MR) is 81.6 cm³/mol. The molecule has 1 spiro atoms. The molecule has 1 heterocycles. The topological polar surface area (TPSA) is 32.3 Å². The Morgan fingerprint density at radius 3 is 2.60 bits per heavy atom. The molecule has 3 fully saturated rings. The quantitative estimate of drug-likeness (QED) is 0.860. The second-order valence-electron chi connectivity index (χ2n) is 7.20. The van der Waals surface area contributed by atoms with E-state index in [-0.39, 0.29) is 5.54 Å². The number of piperazine rings is 1. The monoisotopic (exact) mass is 278 g/mol. The lowest BCUT2D eigenvalue weighted by molar-refractivity contribution is -0.141. The van der Waals surface area contributed by atoms with E-state index in [0.29, 0.717) is 5.91 Å². The number of rotatable bonds is 3. The molecule has 1 N–H and O–H groups in total. The standard InChI is InChI=1S/C17H30N2O/c20-16(9-8-15-6-2-3-7-15)19-13-12-18-14-17(19)10-4-1-5-11-17/h15,18H,1-14H2. The van der Waals surface area contributed by atoms with E-state index in [1.54, 1.807) is 0 Å². The molecule has 0 aromatic heterocycles.